The molecule has 0 aliphatic heterocycles. The van der Waals surface area contributed by atoms with Crippen LogP contribution in [0.3, 0.4) is 0 Å². The molecule has 0 unspecified atom stereocenters. The number of hydrogen-bond acceptors (Lipinski definition) is 6. The first-order valence-corrected chi connectivity index (χ1v) is 7.73. The molecule has 0 aliphatic carbocycles. The van der Waals surface area contributed by atoms with E-state index in [0.717, 1.165) is 0 Å². The van der Waals surface area contributed by atoms with Gasteiger partial charge in [-0.1, -0.05) is 0 Å². The predicted molar refractivity (Wildman–Crippen MR) is 61.0 cm³/mol. The van der Waals surface area contributed by atoms with Crippen LogP contribution in [0.15, 0.2) is 0 Å². The highest BCUT2D eigenvalue weighted by atomic mass is 32.2. The first kappa shape index (κ1) is 16.3. The summed E-state index contributed by atoms with van der Waals surface area (Å²) in [6.07, 6.45) is -0.0610. The summed E-state index contributed by atoms with van der Waals surface area (Å²) >= 11 is 0. The van der Waals surface area contributed by atoms with E-state index < -0.39 is 44.6 Å². The van der Waals surface area contributed by atoms with Gasteiger partial charge in [0.1, 0.15) is 10.7 Å². The highest BCUT2D eigenvalue weighted by Crippen LogP contribution is 2.17. The molecule has 0 aromatic carbocycles. The highest BCUT2D eigenvalue weighted by molar-refractivity contribution is 7.86. The quantitative estimate of drug-likeness (QED) is 0.454. The number of rotatable bonds is 8. The molecule has 0 amide bonds. The van der Waals surface area contributed by atoms with Crippen molar-refractivity contribution in [1.29, 1.82) is 0 Å². The fourth-order valence-electron chi connectivity index (χ4n) is 0.728. The first-order valence-electron chi connectivity index (χ1n) is 4.79. The van der Waals surface area contributed by atoms with Gasteiger partial charge in [-0.3, -0.25) is 8.98 Å². The number of thiol groups is 1. The topological polar surface area (TPSA) is 115 Å². The molecule has 0 atom stereocenters. The van der Waals surface area contributed by atoms with Crippen LogP contribution < -0.4 is 0 Å². The van der Waals surface area contributed by atoms with Gasteiger partial charge in [-0.25, -0.2) is 8.42 Å². The number of carboxylic acid groups (broad SMARTS) is 1. The fourth-order valence-corrected chi connectivity index (χ4v) is 2.45. The Morgan fingerprint density at radius 3 is 2.29 bits per heavy atom. The second-order valence-corrected chi connectivity index (χ2v) is 6.99. The summed E-state index contributed by atoms with van der Waals surface area (Å²) in [5.74, 6) is -1.85. The molecule has 1 N–H and O–H groups in total. The number of carboxylic acids is 1. The SMILES string of the molecule is CC(C)(COS(=O)(=O)CCC[SH](=O)=O)C(=O)O. The molecule has 0 heterocycles. The maximum Gasteiger partial charge on any atom is 0.311 e. The molecule has 0 fully saturated rings. The lowest BCUT2D eigenvalue weighted by atomic mass is 9.96. The average molecular weight is 288 g/mol. The van der Waals surface area contributed by atoms with Crippen LogP contribution in [-0.2, 0) is 29.8 Å². The van der Waals surface area contributed by atoms with Crippen molar-refractivity contribution in [2.75, 3.05) is 18.1 Å². The highest BCUT2D eigenvalue weighted by Gasteiger charge is 2.29. The minimum absolute atomic E-state index is 0.0610. The van der Waals surface area contributed by atoms with Crippen molar-refractivity contribution in [1.82, 2.24) is 0 Å². The molecule has 0 aromatic heterocycles. The second-order valence-electron chi connectivity index (χ2n) is 4.12. The van der Waals surface area contributed by atoms with Crippen molar-refractivity contribution in [3.8, 4) is 0 Å². The zero-order chi connectivity index (χ0) is 13.7. The Bertz CT molecular complexity index is 425. The molecular formula is C8H16O7S2. The summed E-state index contributed by atoms with van der Waals surface area (Å²) in [7, 11) is -6.48. The Hall–Kier alpha value is -0.670. The lowest BCUT2D eigenvalue weighted by molar-refractivity contribution is -0.148. The van der Waals surface area contributed by atoms with Crippen LogP contribution in [0.5, 0.6) is 0 Å². The minimum Gasteiger partial charge on any atom is -0.481 e. The molecule has 102 valence electrons. The van der Waals surface area contributed by atoms with Crippen molar-refractivity contribution < 1.29 is 30.9 Å². The summed E-state index contributed by atoms with van der Waals surface area (Å²) < 4.78 is 47.5. The Labute approximate surface area is 102 Å². The van der Waals surface area contributed by atoms with Gasteiger partial charge in [0.25, 0.3) is 10.1 Å². The van der Waals surface area contributed by atoms with E-state index in [1.165, 1.54) is 13.8 Å². The minimum atomic E-state index is -3.87. The molecule has 9 heteroatoms. The van der Waals surface area contributed by atoms with Gasteiger partial charge in [0, 0.05) is 5.75 Å². The van der Waals surface area contributed by atoms with Gasteiger partial charge in [0.2, 0.25) is 0 Å². The Kier molecular flexibility index (Phi) is 6.06. The van der Waals surface area contributed by atoms with Crippen LogP contribution >= 0.6 is 0 Å². The lowest BCUT2D eigenvalue weighted by Crippen LogP contribution is -2.31. The van der Waals surface area contributed by atoms with Crippen molar-refractivity contribution in [2.45, 2.75) is 20.3 Å². The number of hydrogen-bond donors (Lipinski definition) is 2. The fraction of sp³-hybridized carbons (Fsp3) is 0.875. The molecule has 0 aromatic rings. The summed E-state index contributed by atoms with van der Waals surface area (Å²) in [4.78, 5) is 10.7. The normalized spacial score (nSPS) is 12.9. The summed E-state index contributed by atoms with van der Waals surface area (Å²) in [5, 5.41) is 8.73. The monoisotopic (exact) mass is 288 g/mol. The second kappa shape index (κ2) is 6.31. The lowest BCUT2D eigenvalue weighted by Gasteiger charge is -2.18. The number of aliphatic carboxylic acids is 1. The molecule has 0 aliphatic rings. The van der Waals surface area contributed by atoms with Crippen LogP contribution in [0.1, 0.15) is 20.3 Å². The van der Waals surface area contributed by atoms with Crippen molar-refractivity contribution in [3.63, 3.8) is 0 Å². The first-order chi connectivity index (χ1) is 7.57. The van der Waals surface area contributed by atoms with Crippen LogP contribution in [0, 0.1) is 5.41 Å². The van der Waals surface area contributed by atoms with Crippen LogP contribution in [0.4, 0.5) is 0 Å². The van der Waals surface area contributed by atoms with Crippen molar-refractivity contribution in [2.24, 2.45) is 5.41 Å². The Morgan fingerprint density at radius 2 is 1.88 bits per heavy atom. The van der Waals surface area contributed by atoms with Crippen LogP contribution in [-0.4, -0.2) is 46.0 Å². The largest absolute Gasteiger partial charge is 0.481 e. The maximum absolute atomic E-state index is 11.3. The zero-order valence-corrected chi connectivity index (χ0v) is 11.3. The molecule has 0 bridgehead atoms. The standard InChI is InChI=1S/C8H16O7S2/c1-8(2,7(9)10)6-15-17(13,14)5-3-4-16(11)12/h16H,3-6H2,1-2H3,(H,9,10). The van der Waals surface area contributed by atoms with Gasteiger partial charge < -0.3 is 5.11 Å². The molecule has 7 nitrogen and oxygen atoms in total. The Morgan fingerprint density at radius 1 is 1.35 bits per heavy atom. The van der Waals surface area contributed by atoms with E-state index >= 15 is 0 Å². The summed E-state index contributed by atoms with van der Waals surface area (Å²) in [6.45, 7) is 2.19. The van der Waals surface area contributed by atoms with Crippen LogP contribution in [0.25, 0.3) is 0 Å². The van der Waals surface area contributed by atoms with Crippen molar-refractivity contribution >= 4 is 26.8 Å². The molecule has 0 spiro atoms. The van der Waals surface area contributed by atoms with E-state index in [-0.39, 0.29) is 12.2 Å². The Balaban J connectivity index is 4.24. The van der Waals surface area contributed by atoms with Crippen molar-refractivity contribution in [3.05, 3.63) is 0 Å². The van der Waals surface area contributed by atoms with Gasteiger partial charge >= 0.3 is 5.97 Å². The van der Waals surface area contributed by atoms with Crippen LogP contribution in [0.2, 0.25) is 0 Å². The third-order valence-electron chi connectivity index (χ3n) is 1.91. The number of carbonyl (C=O) groups is 1. The van der Waals surface area contributed by atoms with E-state index in [2.05, 4.69) is 4.18 Å². The summed E-state index contributed by atoms with van der Waals surface area (Å²) in [6, 6.07) is 0. The third-order valence-corrected chi connectivity index (χ3v) is 3.86. The van der Waals surface area contributed by atoms with E-state index in [9.17, 15) is 21.6 Å². The molecule has 17 heavy (non-hydrogen) atoms. The van der Waals surface area contributed by atoms with Gasteiger partial charge in [-0.2, -0.15) is 8.42 Å². The summed E-state index contributed by atoms with van der Waals surface area (Å²) in [5.41, 5.74) is -1.31. The van der Waals surface area contributed by atoms with Gasteiger partial charge in [-0.05, 0) is 20.3 Å². The van der Waals surface area contributed by atoms with E-state index in [1.54, 1.807) is 0 Å². The van der Waals surface area contributed by atoms with Gasteiger partial charge in [0.05, 0.1) is 17.8 Å². The molecule has 0 saturated heterocycles. The molecule has 0 saturated carbocycles. The molecule has 0 radical (unpaired) electrons. The van der Waals surface area contributed by atoms with Gasteiger partial charge in [-0.15, -0.1) is 0 Å². The van der Waals surface area contributed by atoms with E-state index in [4.69, 9.17) is 5.11 Å². The zero-order valence-electron chi connectivity index (χ0n) is 9.58. The third kappa shape index (κ3) is 7.29. The smallest absolute Gasteiger partial charge is 0.311 e. The average Bonchev–Trinajstić information content (AvgIpc) is 2.14. The van der Waals surface area contributed by atoms with Gasteiger partial charge in [0.15, 0.2) is 0 Å². The molecule has 0 rings (SSSR count). The van der Waals surface area contributed by atoms with E-state index in [1.807, 2.05) is 0 Å². The maximum atomic E-state index is 11.3. The molecular weight excluding hydrogens is 272 g/mol. The van der Waals surface area contributed by atoms with E-state index in [0.29, 0.717) is 0 Å². The predicted octanol–water partition coefficient (Wildman–Crippen LogP) is -0.555.